The van der Waals surface area contributed by atoms with Gasteiger partial charge < -0.3 is 11.0 Å². The fourth-order valence-corrected chi connectivity index (χ4v) is 0. The molecule has 8 nitrogen and oxygen atoms in total. The van der Waals surface area contributed by atoms with Gasteiger partial charge in [-0.2, -0.15) is 0 Å². The SMILES string of the molecule is O.O.O[Te](O)(O)(O)(O)O. The molecule has 0 rings (SSSR count). The normalized spacial score (nSPS) is 18.0. The average Bonchev–Trinajstić information content (AvgIpc) is 0.592. The summed E-state index contributed by atoms with van der Waals surface area (Å²) in [6.45, 7) is 0. The Morgan fingerprint density at radius 2 is 0.556 bits per heavy atom. The Hall–Kier alpha value is 0.470. The van der Waals surface area contributed by atoms with E-state index in [-0.39, 0.29) is 11.0 Å². The summed E-state index contributed by atoms with van der Waals surface area (Å²) >= 11 is -8.18. The van der Waals surface area contributed by atoms with Gasteiger partial charge >= 0.3 is 38.7 Å². The van der Waals surface area contributed by atoms with Crippen LogP contribution >= 0.6 is 0 Å². The zero-order valence-corrected chi connectivity index (χ0v) is 6.42. The van der Waals surface area contributed by atoms with E-state index in [1.54, 1.807) is 0 Å². The standard InChI is InChI=1S/H6O6Te.2H2O/c1-7(2,3,4,5)6;;/h1-6H;2*1H2. The van der Waals surface area contributed by atoms with Gasteiger partial charge in [0.1, 0.15) is 0 Å². The van der Waals surface area contributed by atoms with Crippen molar-refractivity contribution in [2.75, 3.05) is 0 Å². The third-order valence-electron chi connectivity index (χ3n) is 0. The van der Waals surface area contributed by atoms with Crippen LogP contribution in [0.25, 0.3) is 0 Å². The Labute approximate surface area is 50.3 Å². The van der Waals surface area contributed by atoms with Crippen LogP contribution in [0, 0.1) is 0 Å². The monoisotopic (exact) mass is 268 g/mol. The molecule has 0 aliphatic heterocycles. The van der Waals surface area contributed by atoms with Crippen molar-refractivity contribution in [1.29, 1.82) is 0 Å². The Balaban J connectivity index is -0.000000180. The van der Waals surface area contributed by atoms with E-state index in [1.807, 2.05) is 0 Å². The number of hydrogen-bond donors (Lipinski definition) is 6. The van der Waals surface area contributed by atoms with E-state index in [1.165, 1.54) is 0 Å². The van der Waals surface area contributed by atoms with Gasteiger partial charge in [-0.05, 0) is 0 Å². The van der Waals surface area contributed by atoms with Crippen LogP contribution in [0.4, 0.5) is 0 Å². The molecule has 0 aromatic rings. The van der Waals surface area contributed by atoms with Gasteiger partial charge in [0.05, 0.1) is 0 Å². The molecule has 0 fully saturated rings. The molecule has 0 aromatic heterocycles. The minimum absolute atomic E-state index is 0. The van der Waals surface area contributed by atoms with Gasteiger partial charge in [-0.15, -0.1) is 0 Å². The van der Waals surface area contributed by atoms with E-state index < -0.39 is 17.9 Å². The molecule has 0 spiro atoms. The molecule has 0 aliphatic carbocycles. The maximum absolute atomic E-state index is 8.18. The number of rotatable bonds is 0. The van der Waals surface area contributed by atoms with E-state index in [0.717, 1.165) is 0 Å². The van der Waals surface area contributed by atoms with Crippen molar-refractivity contribution in [3.63, 3.8) is 0 Å². The third-order valence-corrected chi connectivity index (χ3v) is 0. The van der Waals surface area contributed by atoms with Crippen LogP contribution in [0.1, 0.15) is 0 Å². The van der Waals surface area contributed by atoms with Crippen LogP contribution in [0.3, 0.4) is 0 Å². The molecule has 0 aliphatic rings. The zero-order chi connectivity index (χ0) is 6.41. The fourth-order valence-electron chi connectivity index (χ4n) is 0. The summed E-state index contributed by atoms with van der Waals surface area (Å²) in [5.74, 6) is 0. The van der Waals surface area contributed by atoms with Crippen molar-refractivity contribution < 1.29 is 31.8 Å². The molecule has 9 heavy (non-hydrogen) atoms. The average molecular weight is 266 g/mol. The first-order valence-corrected chi connectivity index (χ1v) is 7.35. The van der Waals surface area contributed by atoms with E-state index in [0.29, 0.717) is 0 Å². The molecule has 0 atom stereocenters. The summed E-state index contributed by atoms with van der Waals surface area (Å²) in [5.41, 5.74) is 0. The third kappa shape index (κ3) is 1610. The van der Waals surface area contributed by atoms with E-state index in [4.69, 9.17) is 20.8 Å². The quantitative estimate of drug-likeness (QED) is 0.237. The topological polar surface area (TPSA) is 184 Å². The second-order valence-electron chi connectivity index (χ2n) is 1.22. The van der Waals surface area contributed by atoms with Gasteiger partial charge in [0.2, 0.25) is 0 Å². The summed E-state index contributed by atoms with van der Waals surface area (Å²) in [6.07, 6.45) is 0. The first-order valence-electron chi connectivity index (χ1n) is 1.10. The van der Waals surface area contributed by atoms with Crippen LogP contribution < -0.4 is 0 Å². The maximum atomic E-state index is 7.42. The zero-order valence-electron chi connectivity index (χ0n) is 4.09. The summed E-state index contributed by atoms with van der Waals surface area (Å²) < 4.78 is 44.5. The predicted molar refractivity (Wildman–Crippen MR) is 26.3 cm³/mol. The molecule has 0 amide bonds. The molecule has 0 unspecified atom stereocenters. The number of hydrogen-bond acceptors (Lipinski definition) is 6. The van der Waals surface area contributed by atoms with Crippen molar-refractivity contribution in [1.82, 2.24) is 0 Å². The second-order valence-corrected chi connectivity index (χ2v) is 8.22. The van der Waals surface area contributed by atoms with Crippen LogP contribution in [0.2, 0.25) is 0 Å². The molecule has 0 saturated carbocycles. The molecule has 10 N–H and O–H groups in total. The van der Waals surface area contributed by atoms with Crippen molar-refractivity contribution in [2.24, 2.45) is 0 Å². The predicted octanol–water partition coefficient (Wildman–Crippen LogP) is -5.37. The van der Waals surface area contributed by atoms with Crippen molar-refractivity contribution in [3.8, 4) is 0 Å². The molecule has 9 heteroatoms. The first kappa shape index (κ1) is 16.2. The van der Waals surface area contributed by atoms with Gasteiger partial charge in [0, 0.05) is 0 Å². The van der Waals surface area contributed by atoms with Gasteiger partial charge in [0.15, 0.2) is 0 Å². The molecule has 0 heterocycles. The first-order chi connectivity index (χ1) is 2.45. The molecule has 64 valence electrons. The van der Waals surface area contributed by atoms with Crippen LogP contribution in [0.5, 0.6) is 0 Å². The van der Waals surface area contributed by atoms with Gasteiger partial charge in [-0.3, -0.25) is 0 Å². The summed E-state index contributed by atoms with van der Waals surface area (Å²) in [5, 5.41) is 0. The molecular formula is H10O8Te. The van der Waals surface area contributed by atoms with Crippen LogP contribution in [-0.2, 0) is 0 Å². The van der Waals surface area contributed by atoms with Crippen molar-refractivity contribution in [3.05, 3.63) is 0 Å². The Morgan fingerprint density at radius 3 is 0.556 bits per heavy atom. The molecule has 0 radical (unpaired) electrons. The van der Waals surface area contributed by atoms with E-state index >= 15 is 0 Å². The summed E-state index contributed by atoms with van der Waals surface area (Å²) in [4.78, 5) is 0. The van der Waals surface area contributed by atoms with Gasteiger partial charge in [-0.1, -0.05) is 0 Å². The molecule has 0 bridgehead atoms. The van der Waals surface area contributed by atoms with Crippen LogP contribution in [-0.4, -0.2) is 49.7 Å². The van der Waals surface area contributed by atoms with Crippen LogP contribution in [0.15, 0.2) is 0 Å². The summed E-state index contributed by atoms with van der Waals surface area (Å²) in [7, 11) is 0. The molecule has 0 aromatic carbocycles. The van der Waals surface area contributed by atoms with Gasteiger partial charge in [0.25, 0.3) is 0 Å². The summed E-state index contributed by atoms with van der Waals surface area (Å²) in [6, 6.07) is 0. The van der Waals surface area contributed by atoms with Gasteiger partial charge in [-0.25, -0.2) is 0 Å². The Kier molecular flexibility index (Phi) is 3.56. The Morgan fingerprint density at radius 1 is 0.556 bits per heavy atom. The second kappa shape index (κ2) is 1.97. The fraction of sp³-hybridized carbons (Fsp3) is 0. The molecular weight excluding hydrogens is 256 g/mol. The van der Waals surface area contributed by atoms with E-state index in [2.05, 4.69) is 0 Å². The Bertz CT molecular complexity index is 63.1. The van der Waals surface area contributed by atoms with Crippen molar-refractivity contribution in [2.45, 2.75) is 0 Å². The van der Waals surface area contributed by atoms with Crippen molar-refractivity contribution >= 4 is 17.9 Å². The van der Waals surface area contributed by atoms with E-state index in [9.17, 15) is 0 Å². The minimum atomic E-state index is -8.18. The molecule has 0 saturated heterocycles.